The summed E-state index contributed by atoms with van der Waals surface area (Å²) in [5.41, 5.74) is 1.76. The second-order valence-corrected chi connectivity index (χ2v) is 9.51. The topological polar surface area (TPSA) is 110 Å². The van der Waals surface area contributed by atoms with Crippen molar-refractivity contribution in [2.24, 2.45) is 0 Å². The average Bonchev–Trinajstić information content (AvgIpc) is 2.78. The zero-order chi connectivity index (χ0) is 24.3. The number of ether oxygens (including phenoxy) is 1. The molecular formula is C25H24N4O4S. The summed E-state index contributed by atoms with van der Waals surface area (Å²) in [5, 5.41) is 4.68. The van der Waals surface area contributed by atoms with E-state index in [0.717, 1.165) is 10.8 Å². The van der Waals surface area contributed by atoms with Crippen molar-refractivity contribution >= 4 is 38.3 Å². The second-order valence-electron chi connectivity index (χ2n) is 7.83. The van der Waals surface area contributed by atoms with Crippen LogP contribution in [0.1, 0.15) is 18.3 Å². The SMILES string of the molecule is Cc1cc(C)nc(NS(=O)(=O)c2ccc(NC(=O)[C@@H](C)Oc3cccc4ccccc34)cc2)n1. The van der Waals surface area contributed by atoms with E-state index in [9.17, 15) is 13.2 Å². The molecule has 1 amide bonds. The minimum absolute atomic E-state index is 0.00860. The van der Waals surface area contributed by atoms with Gasteiger partial charge in [0.15, 0.2) is 6.10 Å². The van der Waals surface area contributed by atoms with Gasteiger partial charge in [0.1, 0.15) is 5.75 Å². The number of aryl methyl sites for hydroxylation is 2. The van der Waals surface area contributed by atoms with E-state index < -0.39 is 16.1 Å². The Bertz CT molecular complexity index is 1430. The summed E-state index contributed by atoms with van der Waals surface area (Å²) in [6.45, 7) is 5.17. The Morgan fingerprint density at radius 2 is 1.56 bits per heavy atom. The molecule has 2 N–H and O–H groups in total. The maximum absolute atomic E-state index is 12.7. The lowest BCUT2D eigenvalue weighted by atomic mass is 10.1. The number of fused-ring (bicyclic) bond motifs is 1. The van der Waals surface area contributed by atoms with E-state index in [1.165, 1.54) is 24.3 Å². The molecule has 1 atom stereocenters. The monoisotopic (exact) mass is 476 g/mol. The number of anilines is 2. The number of hydrogen-bond acceptors (Lipinski definition) is 6. The van der Waals surface area contributed by atoms with Crippen molar-refractivity contribution in [2.45, 2.75) is 31.8 Å². The number of nitrogens with zero attached hydrogens (tertiary/aromatic N) is 2. The number of nitrogens with one attached hydrogen (secondary N) is 2. The van der Waals surface area contributed by atoms with Gasteiger partial charge in [0.2, 0.25) is 5.95 Å². The van der Waals surface area contributed by atoms with E-state index in [0.29, 0.717) is 22.8 Å². The zero-order valence-corrected chi connectivity index (χ0v) is 19.8. The van der Waals surface area contributed by atoms with Crippen LogP contribution in [0.3, 0.4) is 0 Å². The van der Waals surface area contributed by atoms with Gasteiger partial charge in [-0.05, 0) is 62.6 Å². The van der Waals surface area contributed by atoms with Crippen LogP contribution in [0.5, 0.6) is 5.75 Å². The number of sulfonamides is 1. The van der Waals surface area contributed by atoms with Crippen LogP contribution in [-0.2, 0) is 14.8 Å². The van der Waals surface area contributed by atoms with Gasteiger partial charge >= 0.3 is 0 Å². The molecule has 8 nitrogen and oxygen atoms in total. The fourth-order valence-corrected chi connectivity index (χ4v) is 4.40. The van der Waals surface area contributed by atoms with Crippen molar-refractivity contribution < 1.29 is 17.9 Å². The molecule has 1 heterocycles. The lowest BCUT2D eigenvalue weighted by Gasteiger charge is -2.16. The lowest BCUT2D eigenvalue weighted by Crippen LogP contribution is -2.30. The first-order valence-electron chi connectivity index (χ1n) is 10.6. The summed E-state index contributed by atoms with van der Waals surface area (Å²) in [4.78, 5) is 20.9. The highest BCUT2D eigenvalue weighted by Crippen LogP contribution is 2.26. The highest BCUT2D eigenvalue weighted by molar-refractivity contribution is 7.92. The fraction of sp³-hybridized carbons (Fsp3) is 0.160. The van der Waals surface area contributed by atoms with Crippen LogP contribution >= 0.6 is 0 Å². The Balaban J connectivity index is 1.43. The first-order valence-corrected chi connectivity index (χ1v) is 12.1. The predicted octanol–water partition coefficient (Wildman–Crippen LogP) is 4.45. The number of carbonyl (C=O) groups is 1. The molecule has 0 aliphatic rings. The average molecular weight is 477 g/mol. The van der Waals surface area contributed by atoms with E-state index in [1.807, 2.05) is 42.5 Å². The number of amides is 1. The molecule has 0 unspecified atom stereocenters. The summed E-state index contributed by atoms with van der Waals surface area (Å²) < 4.78 is 33.6. The summed E-state index contributed by atoms with van der Waals surface area (Å²) in [5.74, 6) is 0.265. The van der Waals surface area contributed by atoms with Gasteiger partial charge in [0.25, 0.3) is 15.9 Å². The Morgan fingerprint density at radius 1 is 0.912 bits per heavy atom. The Labute approximate surface area is 198 Å². The molecule has 4 rings (SSSR count). The molecule has 0 bridgehead atoms. The van der Waals surface area contributed by atoms with Gasteiger partial charge in [-0.15, -0.1) is 0 Å². The van der Waals surface area contributed by atoms with Crippen LogP contribution in [0.25, 0.3) is 10.8 Å². The van der Waals surface area contributed by atoms with Crippen molar-refractivity contribution in [3.8, 4) is 5.75 Å². The van der Waals surface area contributed by atoms with Crippen molar-refractivity contribution in [1.29, 1.82) is 0 Å². The molecule has 0 saturated carbocycles. The summed E-state index contributed by atoms with van der Waals surface area (Å²) in [6, 6.07) is 21.0. The molecule has 3 aromatic carbocycles. The maximum Gasteiger partial charge on any atom is 0.265 e. The first-order chi connectivity index (χ1) is 16.2. The highest BCUT2D eigenvalue weighted by atomic mass is 32.2. The zero-order valence-electron chi connectivity index (χ0n) is 18.9. The number of hydrogen-bond donors (Lipinski definition) is 2. The van der Waals surface area contributed by atoms with E-state index >= 15 is 0 Å². The normalized spacial score (nSPS) is 12.2. The van der Waals surface area contributed by atoms with Gasteiger partial charge in [-0.25, -0.2) is 23.1 Å². The smallest absolute Gasteiger partial charge is 0.265 e. The predicted molar refractivity (Wildman–Crippen MR) is 131 cm³/mol. The summed E-state index contributed by atoms with van der Waals surface area (Å²) in [7, 11) is -3.88. The quantitative estimate of drug-likeness (QED) is 0.408. The van der Waals surface area contributed by atoms with Gasteiger partial charge in [0, 0.05) is 22.5 Å². The Kier molecular flexibility index (Phi) is 6.47. The van der Waals surface area contributed by atoms with Crippen molar-refractivity contribution in [3.63, 3.8) is 0 Å². The van der Waals surface area contributed by atoms with Gasteiger partial charge in [-0.1, -0.05) is 36.4 Å². The van der Waals surface area contributed by atoms with Gasteiger partial charge in [-0.2, -0.15) is 0 Å². The highest BCUT2D eigenvalue weighted by Gasteiger charge is 2.18. The fourth-order valence-electron chi connectivity index (χ4n) is 3.45. The molecule has 4 aromatic rings. The van der Waals surface area contributed by atoms with Crippen molar-refractivity contribution in [3.05, 3.63) is 84.2 Å². The van der Waals surface area contributed by atoms with Crippen LogP contribution in [-0.4, -0.2) is 30.4 Å². The third-order valence-corrected chi connectivity index (χ3v) is 6.41. The molecule has 0 spiro atoms. The van der Waals surface area contributed by atoms with E-state index in [4.69, 9.17) is 4.74 Å². The standard InChI is InChI=1S/C25H24N4O4S/c1-16-15-17(2)27-25(26-16)29-34(31,32)21-13-11-20(12-14-21)28-24(30)18(3)33-23-10-6-8-19-7-4-5-9-22(19)23/h4-15,18H,1-3H3,(H,28,30)(H,26,27,29)/t18-/m1/s1. The molecule has 0 saturated heterocycles. The molecule has 34 heavy (non-hydrogen) atoms. The third kappa shape index (κ3) is 5.32. The van der Waals surface area contributed by atoms with Crippen LogP contribution in [0, 0.1) is 13.8 Å². The van der Waals surface area contributed by atoms with Crippen LogP contribution < -0.4 is 14.8 Å². The molecule has 0 aliphatic carbocycles. The Morgan fingerprint density at radius 3 is 2.26 bits per heavy atom. The summed E-state index contributed by atoms with van der Waals surface area (Å²) >= 11 is 0. The second kappa shape index (κ2) is 9.48. The van der Waals surface area contributed by atoms with Crippen LogP contribution in [0.15, 0.2) is 77.7 Å². The number of carbonyl (C=O) groups excluding carboxylic acids is 1. The molecule has 1 aromatic heterocycles. The van der Waals surface area contributed by atoms with Gasteiger partial charge in [-0.3, -0.25) is 4.79 Å². The van der Waals surface area contributed by atoms with E-state index in [2.05, 4.69) is 20.0 Å². The van der Waals surface area contributed by atoms with Gasteiger partial charge in [0.05, 0.1) is 4.90 Å². The van der Waals surface area contributed by atoms with Crippen molar-refractivity contribution in [2.75, 3.05) is 10.0 Å². The van der Waals surface area contributed by atoms with E-state index in [-0.39, 0.29) is 16.8 Å². The van der Waals surface area contributed by atoms with Crippen molar-refractivity contribution in [1.82, 2.24) is 9.97 Å². The lowest BCUT2D eigenvalue weighted by molar-refractivity contribution is -0.122. The molecule has 9 heteroatoms. The number of benzene rings is 3. The van der Waals surface area contributed by atoms with Crippen LogP contribution in [0.4, 0.5) is 11.6 Å². The number of rotatable bonds is 7. The Hall–Kier alpha value is -3.98. The largest absolute Gasteiger partial charge is 0.480 e. The maximum atomic E-state index is 12.7. The molecule has 0 aliphatic heterocycles. The first kappa shape index (κ1) is 23.2. The third-order valence-electron chi connectivity index (χ3n) is 5.06. The van der Waals surface area contributed by atoms with Gasteiger partial charge < -0.3 is 10.1 Å². The minimum atomic E-state index is -3.88. The minimum Gasteiger partial charge on any atom is -0.480 e. The molecule has 174 valence electrons. The van der Waals surface area contributed by atoms with Crippen LogP contribution in [0.2, 0.25) is 0 Å². The van der Waals surface area contributed by atoms with E-state index in [1.54, 1.807) is 26.8 Å². The molecule has 0 fully saturated rings. The molecule has 0 radical (unpaired) electrons. The number of aromatic nitrogens is 2. The molecular weight excluding hydrogens is 452 g/mol. The summed E-state index contributed by atoms with van der Waals surface area (Å²) in [6.07, 6.45) is -0.766.